The second kappa shape index (κ2) is 9.83. The lowest BCUT2D eigenvalue weighted by Crippen LogP contribution is -2.48. The van der Waals surface area contributed by atoms with Gasteiger partial charge in [-0.15, -0.1) is 10.2 Å². The Morgan fingerprint density at radius 1 is 1.00 bits per heavy atom. The number of piperazine rings is 1. The first-order valence-electron chi connectivity index (χ1n) is 12.0. The van der Waals surface area contributed by atoms with E-state index in [0.29, 0.717) is 24.5 Å². The van der Waals surface area contributed by atoms with E-state index in [1.54, 1.807) is 19.1 Å². The van der Waals surface area contributed by atoms with Crippen LogP contribution in [-0.4, -0.2) is 57.2 Å². The molecule has 12 heteroatoms. The summed E-state index contributed by atoms with van der Waals surface area (Å²) in [5.74, 6) is 1.84. The van der Waals surface area contributed by atoms with Crippen LogP contribution in [0.25, 0.3) is 0 Å². The van der Waals surface area contributed by atoms with E-state index in [9.17, 15) is 18.0 Å². The maximum atomic E-state index is 12.6. The smallest absolute Gasteiger partial charge is 0.433 e. The topological polar surface area (TPSA) is 96.4 Å². The molecule has 0 atom stereocenters. The standard InChI is InChI=1S/C25H26F3N7O2/c1-17(36)34-10-12-35(13-11-34)22-6-3-19(15-30-22)24(8-9-24)31-21-5-7-23(33-32-21)37-16-18-2-4-20(29-14-18)25(26,27)28/h2-7,14-15H,8-13,16H2,1H3,(H,31,32). The third kappa shape index (κ3) is 5.73. The summed E-state index contributed by atoms with van der Waals surface area (Å²) in [6, 6.07) is 9.74. The Labute approximate surface area is 211 Å². The number of rotatable bonds is 7. The fourth-order valence-electron chi connectivity index (χ4n) is 4.26. The summed E-state index contributed by atoms with van der Waals surface area (Å²) in [7, 11) is 0. The molecular formula is C25H26F3N7O2. The van der Waals surface area contributed by atoms with E-state index in [4.69, 9.17) is 4.74 Å². The van der Waals surface area contributed by atoms with E-state index in [0.717, 1.165) is 49.6 Å². The van der Waals surface area contributed by atoms with Crippen LogP contribution >= 0.6 is 0 Å². The minimum Gasteiger partial charge on any atom is -0.472 e. The molecule has 0 spiro atoms. The van der Waals surface area contributed by atoms with Gasteiger partial charge in [0.2, 0.25) is 11.8 Å². The van der Waals surface area contributed by atoms with Crippen molar-refractivity contribution in [1.29, 1.82) is 0 Å². The van der Waals surface area contributed by atoms with Crippen LogP contribution in [0.2, 0.25) is 0 Å². The Morgan fingerprint density at radius 2 is 1.78 bits per heavy atom. The van der Waals surface area contributed by atoms with E-state index in [1.165, 1.54) is 6.07 Å². The molecule has 0 aromatic carbocycles. The van der Waals surface area contributed by atoms with Crippen molar-refractivity contribution in [3.8, 4) is 5.88 Å². The molecule has 194 valence electrons. The van der Waals surface area contributed by atoms with Gasteiger partial charge in [-0.2, -0.15) is 13.2 Å². The Morgan fingerprint density at radius 3 is 2.32 bits per heavy atom. The van der Waals surface area contributed by atoms with Crippen molar-refractivity contribution in [2.24, 2.45) is 0 Å². The van der Waals surface area contributed by atoms with Gasteiger partial charge in [0.25, 0.3) is 0 Å². The molecule has 0 unspecified atom stereocenters. The third-order valence-electron chi connectivity index (χ3n) is 6.61. The summed E-state index contributed by atoms with van der Waals surface area (Å²) in [5.41, 5.74) is 0.362. The highest BCUT2D eigenvalue weighted by Gasteiger charge is 2.45. The fourth-order valence-corrected chi connectivity index (χ4v) is 4.26. The van der Waals surface area contributed by atoms with Crippen LogP contribution in [0.3, 0.4) is 0 Å². The number of nitrogens with one attached hydrogen (secondary N) is 1. The van der Waals surface area contributed by atoms with Gasteiger partial charge in [-0.05, 0) is 36.6 Å². The van der Waals surface area contributed by atoms with E-state index in [-0.39, 0.29) is 23.9 Å². The molecule has 2 aliphatic rings. The van der Waals surface area contributed by atoms with Gasteiger partial charge in [0, 0.05) is 57.1 Å². The number of carbonyl (C=O) groups is 1. The molecule has 1 saturated heterocycles. The zero-order valence-electron chi connectivity index (χ0n) is 20.2. The van der Waals surface area contributed by atoms with Gasteiger partial charge in [-0.3, -0.25) is 9.78 Å². The maximum Gasteiger partial charge on any atom is 0.433 e. The summed E-state index contributed by atoms with van der Waals surface area (Å²) in [4.78, 5) is 23.6. The lowest BCUT2D eigenvalue weighted by atomic mass is 10.1. The fraction of sp³-hybridized carbons (Fsp3) is 0.400. The second-order valence-electron chi connectivity index (χ2n) is 9.20. The van der Waals surface area contributed by atoms with Crippen LogP contribution in [-0.2, 0) is 23.1 Å². The Kier molecular flexibility index (Phi) is 6.57. The number of alkyl halides is 3. The molecule has 1 aliphatic carbocycles. The molecule has 0 radical (unpaired) electrons. The van der Waals surface area contributed by atoms with Crippen molar-refractivity contribution in [1.82, 2.24) is 25.1 Å². The molecule has 3 aromatic rings. The van der Waals surface area contributed by atoms with Gasteiger partial charge in [-0.25, -0.2) is 4.98 Å². The summed E-state index contributed by atoms with van der Waals surface area (Å²) in [5, 5.41) is 11.7. The van der Waals surface area contributed by atoms with Crippen molar-refractivity contribution in [3.05, 3.63) is 65.6 Å². The van der Waals surface area contributed by atoms with Gasteiger partial charge in [0.05, 0.1) is 5.54 Å². The zero-order valence-corrected chi connectivity index (χ0v) is 20.2. The average Bonchev–Trinajstić information content (AvgIpc) is 3.69. The van der Waals surface area contributed by atoms with Crippen molar-refractivity contribution in [2.45, 2.75) is 38.1 Å². The number of halogens is 3. The largest absolute Gasteiger partial charge is 0.472 e. The number of amides is 1. The van der Waals surface area contributed by atoms with Gasteiger partial charge in [0.15, 0.2) is 0 Å². The minimum atomic E-state index is -4.47. The zero-order chi connectivity index (χ0) is 26.0. The first kappa shape index (κ1) is 24.7. The number of carbonyl (C=O) groups excluding carboxylic acids is 1. The number of ether oxygens (including phenoxy) is 1. The predicted octanol–water partition coefficient (Wildman–Crippen LogP) is 3.63. The SMILES string of the molecule is CC(=O)N1CCN(c2ccc(C3(Nc4ccc(OCc5ccc(C(F)(F)F)nc5)nn4)CC3)cn2)CC1. The van der Waals surface area contributed by atoms with Gasteiger partial charge in [0.1, 0.15) is 23.9 Å². The average molecular weight is 514 g/mol. The summed E-state index contributed by atoms with van der Waals surface area (Å²) >= 11 is 0. The number of aromatic nitrogens is 4. The molecule has 1 saturated carbocycles. The van der Waals surface area contributed by atoms with E-state index in [2.05, 4.69) is 36.4 Å². The first-order chi connectivity index (χ1) is 17.7. The molecule has 9 nitrogen and oxygen atoms in total. The lowest BCUT2D eigenvalue weighted by molar-refractivity contribution is -0.141. The van der Waals surface area contributed by atoms with E-state index in [1.807, 2.05) is 17.2 Å². The number of pyridine rings is 2. The Bertz CT molecular complexity index is 1220. The van der Waals surface area contributed by atoms with Crippen LogP contribution in [0.5, 0.6) is 5.88 Å². The van der Waals surface area contributed by atoms with Crippen LogP contribution in [0.1, 0.15) is 36.6 Å². The summed E-state index contributed by atoms with van der Waals surface area (Å²) < 4.78 is 43.4. The molecular weight excluding hydrogens is 487 g/mol. The highest BCUT2D eigenvalue weighted by atomic mass is 19.4. The Balaban J connectivity index is 1.15. The molecule has 1 amide bonds. The number of nitrogens with zero attached hydrogens (tertiary/aromatic N) is 6. The molecule has 2 fully saturated rings. The first-order valence-corrected chi connectivity index (χ1v) is 12.0. The number of hydrogen-bond donors (Lipinski definition) is 1. The maximum absolute atomic E-state index is 12.6. The van der Waals surface area contributed by atoms with Crippen molar-refractivity contribution in [2.75, 3.05) is 36.4 Å². The number of anilines is 2. The molecule has 1 aliphatic heterocycles. The minimum absolute atomic E-state index is 0.0261. The number of hydrogen-bond acceptors (Lipinski definition) is 8. The highest BCUT2D eigenvalue weighted by molar-refractivity contribution is 5.73. The van der Waals surface area contributed by atoms with E-state index >= 15 is 0 Å². The molecule has 3 aromatic heterocycles. The van der Waals surface area contributed by atoms with Crippen molar-refractivity contribution in [3.63, 3.8) is 0 Å². The van der Waals surface area contributed by atoms with Gasteiger partial charge in [-0.1, -0.05) is 12.1 Å². The van der Waals surface area contributed by atoms with Crippen molar-refractivity contribution >= 4 is 17.5 Å². The normalized spacial score (nSPS) is 16.9. The molecule has 37 heavy (non-hydrogen) atoms. The quantitative estimate of drug-likeness (QED) is 0.512. The van der Waals surface area contributed by atoms with Crippen LogP contribution in [0.15, 0.2) is 48.8 Å². The lowest BCUT2D eigenvalue weighted by Gasteiger charge is -2.35. The molecule has 0 bridgehead atoms. The van der Waals surface area contributed by atoms with Crippen LogP contribution in [0, 0.1) is 0 Å². The molecule has 1 N–H and O–H groups in total. The summed E-state index contributed by atoms with van der Waals surface area (Å²) in [6.45, 7) is 4.53. The van der Waals surface area contributed by atoms with Gasteiger partial charge >= 0.3 is 6.18 Å². The Hall–Kier alpha value is -3.96. The highest BCUT2D eigenvalue weighted by Crippen LogP contribution is 2.48. The third-order valence-corrected chi connectivity index (χ3v) is 6.61. The second-order valence-corrected chi connectivity index (χ2v) is 9.20. The van der Waals surface area contributed by atoms with Gasteiger partial charge < -0.3 is 19.9 Å². The van der Waals surface area contributed by atoms with Crippen LogP contribution in [0.4, 0.5) is 24.8 Å². The predicted molar refractivity (Wildman–Crippen MR) is 129 cm³/mol. The molecule has 5 rings (SSSR count). The monoisotopic (exact) mass is 513 g/mol. The van der Waals surface area contributed by atoms with E-state index < -0.39 is 11.9 Å². The van der Waals surface area contributed by atoms with Crippen molar-refractivity contribution < 1.29 is 22.7 Å². The van der Waals surface area contributed by atoms with Crippen LogP contribution < -0.4 is 15.0 Å². The molecule has 4 heterocycles. The summed E-state index contributed by atoms with van der Waals surface area (Å²) in [6.07, 6.45) is 0.417.